The molecule has 7 heteroatoms. The first-order chi connectivity index (χ1) is 8.31. The van der Waals surface area contributed by atoms with Crippen LogP contribution in [0.2, 0.25) is 0 Å². The lowest BCUT2D eigenvalue weighted by molar-refractivity contribution is -0.274. The van der Waals surface area contributed by atoms with Crippen LogP contribution in [0, 0.1) is 6.92 Å². The van der Waals surface area contributed by atoms with Gasteiger partial charge in [0, 0.05) is 12.6 Å². The smallest absolute Gasteiger partial charge is 0.490 e. The van der Waals surface area contributed by atoms with Crippen LogP contribution in [-0.4, -0.2) is 30.7 Å². The van der Waals surface area contributed by atoms with Gasteiger partial charge in [0.25, 0.3) is 0 Å². The second kappa shape index (κ2) is 5.92. The van der Waals surface area contributed by atoms with E-state index < -0.39 is 12.5 Å². The van der Waals surface area contributed by atoms with Crippen LogP contribution in [0.15, 0.2) is 18.2 Å². The number of nitrogens with two attached hydrogens (primary N) is 1. The highest BCUT2D eigenvalue weighted by Crippen LogP contribution is 2.28. The predicted molar refractivity (Wildman–Crippen MR) is 58.4 cm³/mol. The normalized spacial score (nSPS) is 13.2. The van der Waals surface area contributed by atoms with Gasteiger partial charge in [0.2, 0.25) is 0 Å². The largest absolute Gasteiger partial charge is 0.573 e. The molecule has 1 rings (SSSR count). The number of benzene rings is 1. The fourth-order valence-corrected chi connectivity index (χ4v) is 1.19. The molecule has 0 aliphatic carbocycles. The third-order valence-electron chi connectivity index (χ3n) is 2.10. The Labute approximate surface area is 102 Å². The van der Waals surface area contributed by atoms with Crippen LogP contribution in [-0.2, 0) is 0 Å². The summed E-state index contributed by atoms with van der Waals surface area (Å²) in [6.45, 7) is 1.59. The molecule has 1 atom stereocenters. The van der Waals surface area contributed by atoms with E-state index in [2.05, 4.69) is 4.74 Å². The van der Waals surface area contributed by atoms with Crippen molar-refractivity contribution >= 4 is 0 Å². The van der Waals surface area contributed by atoms with Gasteiger partial charge >= 0.3 is 6.36 Å². The molecular weight excluding hydrogens is 251 g/mol. The predicted octanol–water partition coefficient (Wildman–Crippen LogP) is 1.59. The molecule has 0 fully saturated rings. The molecule has 4 nitrogen and oxygen atoms in total. The van der Waals surface area contributed by atoms with E-state index in [4.69, 9.17) is 10.5 Å². The summed E-state index contributed by atoms with van der Waals surface area (Å²) in [4.78, 5) is 0. The Morgan fingerprint density at radius 2 is 2.06 bits per heavy atom. The first-order valence-corrected chi connectivity index (χ1v) is 5.19. The lowest BCUT2D eigenvalue weighted by Gasteiger charge is -2.14. The molecular formula is C11H14F3NO3. The molecule has 18 heavy (non-hydrogen) atoms. The number of rotatable bonds is 5. The molecule has 0 radical (unpaired) electrons. The number of ether oxygens (including phenoxy) is 2. The Bertz CT molecular complexity index is 396. The quantitative estimate of drug-likeness (QED) is 0.848. The Morgan fingerprint density at radius 1 is 1.39 bits per heavy atom. The average Bonchev–Trinajstić information content (AvgIpc) is 2.27. The van der Waals surface area contributed by atoms with Crippen molar-refractivity contribution in [2.24, 2.45) is 5.73 Å². The molecule has 0 amide bonds. The first kappa shape index (κ1) is 14.6. The van der Waals surface area contributed by atoms with Gasteiger partial charge in [0.1, 0.15) is 24.2 Å². The third-order valence-corrected chi connectivity index (χ3v) is 2.10. The van der Waals surface area contributed by atoms with Gasteiger partial charge in [-0.1, -0.05) is 6.07 Å². The fourth-order valence-electron chi connectivity index (χ4n) is 1.19. The molecule has 1 aromatic carbocycles. The molecule has 0 bridgehead atoms. The summed E-state index contributed by atoms with van der Waals surface area (Å²) in [5, 5.41) is 9.20. The van der Waals surface area contributed by atoms with Gasteiger partial charge in [-0.25, -0.2) is 0 Å². The molecule has 1 unspecified atom stereocenters. The van der Waals surface area contributed by atoms with E-state index in [0.717, 1.165) is 6.07 Å². The summed E-state index contributed by atoms with van der Waals surface area (Å²) in [5.74, 6) is -0.158. The minimum absolute atomic E-state index is 0.0117. The fraction of sp³-hybridized carbons (Fsp3) is 0.455. The van der Waals surface area contributed by atoms with Crippen LogP contribution in [0.1, 0.15) is 5.56 Å². The highest BCUT2D eigenvalue weighted by atomic mass is 19.4. The molecule has 0 saturated heterocycles. The maximum atomic E-state index is 12.0. The monoisotopic (exact) mass is 265 g/mol. The van der Waals surface area contributed by atoms with Crippen LogP contribution in [0.3, 0.4) is 0 Å². The number of aliphatic hydroxyl groups is 1. The van der Waals surface area contributed by atoms with E-state index in [-0.39, 0.29) is 24.7 Å². The topological polar surface area (TPSA) is 64.7 Å². The van der Waals surface area contributed by atoms with E-state index in [1.54, 1.807) is 6.92 Å². The van der Waals surface area contributed by atoms with Crippen molar-refractivity contribution in [1.29, 1.82) is 0 Å². The van der Waals surface area contributed by atoms with Crippen molar-refractivity contribution in [2.75, 3.05) is 13.2 Å². The molecule has 0 aliphatic rings. The third kappa shape index (κ3) is 4.80. The van der Waals surface area contributed by atoms with Crippen molar-refractivity contribution in [2.45, 2.75) is 19.4 Å². The van der Waals surface area contributed by atoms with E-state index in [1.165, 1.54) is 12.1 Å². The van der Waals surface area contributed by atoms with Gasteiger partial charge in [-0.15, -0.1) is 13.2 Å². The van der Waals surface area contributed by atoms with Gasteiger partial charge in [0.05, 0.1) is 0 Å². The van der Waals surface area contributed by atoms with E-state index in [1.807, 2.05) is 0 Å². The number of aryl methyl sites for hydroxylation is 1. The van der Waals surface area contributed by atoms with E-state index in [0.29, 0.717) is 5.56 Å². The Morgan fingerprint density at radius 3 is 2.61 bits per heavy atom. The molecule has 0 spiro atoms. The lowest BCUT2D eigenvalue weighted by atomic mass is 10.2. The van der Waals surface area contributed by atoms with E-state index in [9.17, 15) is 18.3 Å². The molecule has 102 valence electrons. The molecule has 1 aromatic rings. The minimum Gasteiger partial charge on any atom is -0.490 e. The zero-order valence-corrected chi connectivity index (χ0v) is 9.70. The summed E-state index contributed by atoms with van der Waals surface area (Å²) in [6, 6.07) is 3.74. The van der Waals surface area contributed by atoms with Gasteiger partial charge in [0.15, 0.2) is 0 Å². The Hall–Kier alpha value is -1.47. The lowest BCUT2D eigenvalue weighted by Crippen LogP contribution is -2.26. The maximum Gasteiger partial charge on any atom is 0.573 e. The number of alkyl halides is 3. The van der Waals surface area contributed by atoms with Crippen molar-refractivity contribution in [3.05, 3.63) is 23.8 Å². The highest BCUT2D eigenvalue weighted by Gasteiger charge is 2.31. The van der Waals surface area contributed by atoms with Gasteiger partial charge in [-0.05, 0) is 18.6 Å². The SMILES string of the molecule is Cc1ccc(OC(F)(F)F)cc1OCC(O)CN. The second-order valence-corrected chi connectivity index (χ2v) is 3.68. The summed E-state index contributed by atoms with van der Waals surface area (Å²) < 4.78 is 45.0. The van der Waals surface area contributed by atoms with Gasteiger partial charge in [-0.2, -0.15) is 0 Å². The second-order valence-electron chi connectivity index (χ2n) is 3.68. The highest BCUT2D eigenvalue weighted by molar-refractivity contribution is 5.39. The molecule has 0 aliphatic heterocycles. The molecule has 0 saturated carbocycles. The Kier molecular flexibility index (Phi) is 4.80. The number of hydrogen-bond acceptors (Lipinski definition) is 4. The van der Waals surface area contributed by atoms with Crippen LogP contribution in [0.25, 0.3) is 0 Å². The van der Waals surface area contributed by atoms with Gasteiger partial charge < -0.3 is 20.3 Å². The standard InChI is InChI=1S/C11H14F3NO3/c1-7-2-3-9(18-11(12,13)14)4-10(7)17-6-8(16)5-15/h2-4,8,16H,5-6,15H2,1H3. The zero-order valence-electron chi connectivity index (χ0n) is 9.70. The molecule has 3 N–H and O–H groups in total. The van der Waals surface area contributed by atoms with Crippen molar-refractivity contribution in [1.82, 2.24) is 0 Å². The van der Waals surface area contributed by atoms with Crippen molar-refractivity contribution in [3.63, 3.8) is 0 Å². The summed E-state index contributed by atoms with van der Waals surface area (Å²) >= 11 is 0. The van der Waals surface area contributed by atoms with Crippen LogP contribution in [0.4, 0.5) is 13.2 Å². The van der Waals surface area contributed by atoms with Crippen LogP contribution >= 0.6 is 0 Å². The minimum atomic E-state index is -4.75. The summed E-state index contributed by atoms with van der Waals surface area (Å²) in [7, 11) is 0. The summed E-state index contributed by atoms with van der Waals surface area (Å²) in [6.07, 6.45) is -5.61. The van der Waals surface area contributed by atoms with E-state index >= 15 is 0 Å². The van der Waals surface area contributed by atoms with Gasteiger partial charge in [-0.3, -0.25) is 0 Å². The summed E-state index contributed by atoms with van der Waals surface area (Å²) in [5.41, 5.74) is 5.82. The first-order valence-electron chi connectivity index (χ1n) is 5.19. The van der Waals surface area contributed by atoms with Crippen molar-refractivity contribution in [3.8, 4) is 11.5 Å². The zero-order chi connectivity index (χ0) is 13.8. The van der Waals surface area contributed by atoms with Crippen LogP contribution < -0.4 is 15.2 Å². The molecule has 0 aromatic heterocycles. The number of halogens is 3. The Balaban J connectivity index is 2.75. The van der Waals surface area contributed by atoms with Crippen molar-refractivity contribution < 1.29 is 27.8 Å². The average molecular weight is 265 g/mol. The van der Waals surface area contributed by atoms with Crippen LogP contribution in [0.5, 0.6) is 11.5 Å². The molecule has 0 heterocycles. The maximum absolute atomic E-state index is 12.0. The number of aliphatic hydroxyl groups excluding tert-OH is 1. The number of hydrogen-bond donors (Lipinski definition) is 2.